The molecule has 0 saturated carbocycles. The lowest BCUT2D eigenvalue weighted by Gasteiger charge is -2.11. The molecule has 0 aliphatic rings. The molecule has 0 aliphatic carbocycles. The number of benzene rings is 2. The lowest BCUT2D eigenvalue weighted by molar-refractivity contribution is 0.102. The molecule has 0 unspecified atom stereocenters. The van der Waals surface area contributed by atoms with Gasteiger partial charge in [-0.05, 0) is 63.2 Å². The van der Waals surface area contributed by atoms with Gasteiger partial charge in [0.1, 0.15) is 11.6 Å². The maximum absolute atomic E-state index is 13.4. The zero-order chi connectivity index (χ0) is 21.3. The predicted octanol–water partition coefficient (Wildman–Crippen LogP) is 4.42. The summed E-state index contributed by atoms with van der Waals surface area (Å²) in [5.74, 6) is 0.248. The summed E-state index contributed by atoms with van der Waals surface area (Å²) in [5.41, 5.74) is 1.69. The Morgan fingerprint density at radius 2 is 1.90 bits per heavy atom. The second kappa shape index (κ2) is 7.98. The van der Waals surface area contributed by atoms with E-state index in [1.54, 1.807) is 33.8 Å². The van der Waals surface area contributed by atoms with Crippen molar-refractivity contribution in [3.63, 3.8) is 0 Å². The summed E-state index contributed by atoms with van der Waals surface area (Å²) in [6.45, 7) is 6.47. The number of rotatable bonds is 6. The smallest absolute Gasteiger partial charge is 0.277 e. The molecule has 0 aliphatic heterocycles. The van der Waals surface area contributed by atoms with Crippen LogP contribution in [0.1, 0.15) is 31.3 Å². The number of ether oxygens (including phenoxy) is 1. The highest BCUT2D eigenvalue weighted by Crippen LogP contribution is 2.34. The largest absolute Gasteiger partial charge is 0.490 e. The van der Waals surface area contributed by atoms with Gasteiger partial charge in [-0.1, -0.05) is 6.07 Å². The molecule has 0 fully saturated rings. The van der Waals surface area contributed by atoms with E-state index in [0.717, 1.165) is 5.52 Å². The number of anilines is 1. The molecule has 0 radical (unpaired) electrons. The number of hydrogen-bond acceptors (Lipinski definition) is 4. The molecule has 1 N–H and O–H groups in total. The minimum atomic E-state index is -0.368. The van der Waals surface area contributed by atoms with Crippen LogP contribution < -0.4 is 10.1 Å². The van der Waals surface area contributed by atoms with Gasteiger partial charge in [0.2, 0.25) is 0 Å². The van der Waals surface area contributed by atoms with Gasteiger partial charge in [-0.2, -0.15) is 5.10 Å². The van der Waals surface area contributed by atoms with Crippen LogP contribution >= 0.6 is 0 Å². The monoisotopic (exact) mass is 407 g/mol. The number of nitrogens with one attached hydrogen (secondary N) is 1. The van der Waals surface area contributed by atoms with E-state index in [-0.39, 0.29) is 17.8 Å². The van der Waals surface area contributed by atoms with Crippen molar-refractivity contribution in [3.8, 4) is 11.4 Å². The lowest BCUT2D eigenvalue weighted by Crippen LogP contribution is -2.14. The Labute approximate surface area is 173 Å². The Hall–Kier alpha value is -3.68. The topological polar surface area (TPSA) is 74.0 Å². The minimum absolute atomic E-state index is 0.0615. The van der Waals surface area contributed by atoms with Crippen LogP contribution in [-0.4, -0.2) is 31.6 Å². The van der Waals surface area contributed by atoms with Crippen LogP contribution in [-0.2, 0) is 6.54 Å². The number of aryl methyl sites for hydroxylation is 1. The third kappa shape index (κ3) is 3.76. The van der Waals surface area contributed by atoms with E-state index in [4.69, 9.17) is 4.74 Å². The highest BCUT2D eigenvalue weighted by atomic mass is 19.1. The van der Waals surface area contributed by atoms with Gasteiger partial charge in [0.05, 0.1) is 22.7 Å². The van der Waals surface area contributed by atoms with E-state index in [0.29, 0.717) is 34.9 Å². The Morgan fingerprint density at radius 1 is 1.13 bits per heavy atom. The van der Waals surface area contributed by atoms with Gasteiger partial charge in [-0.3, -0.25) is 9.48 Å². The first kappa shape index (κ1) is 19.6. The first-order valence-corrected chi connectivity index (χ1v) is 9.75. The number of hydrogen-bond donors (Lipinski definition) is 1. The number of amides is 1. The fourth-order valence-electron chi connectivity index (χ4n) is 3.19. The van der Waals surface area contributed by atoms with Crippen molar-refractivity contribution >= 4 is 22.6 Å². The molecule has 4 rings (SSSR count). The number of carbonyl (C=O) groups is 1. The molecular formula is C22H22FN5O2. The molecule has 2 aromatic carbocycles. The van der Waals surface area contributed by atoms with Crippen molar-refractivity contribution < 1.29 is 13.9 Å². The van der Waals surface area contributed by atoms with Gasteiger partial charge in [0.25, 0.3) is 5.91 Å². The van der Waals surface area contributed by atoms with E-state index >= 15 is 0 Å². The normalized spacial score (nSPS) is 11.2. The van der Waals surface area contributed by atoms with Crippen LogP contribution in [0, 0.1) is 5.82 Å². The van der Waals surface area contributed by atoms with Crippen LogP contribution in [0.15, 0.2) is 54.7 Å². The summed E-state index contributed by atoms with van der Waals surface area (Å²) in [6, 6.07) is 13.2. The van der Waals surface area contributed by atoms with Crippen molar-refractivity contribution in [1.29, 1.82) is 0 Å². The average Bonchev–Trinajstić information content (AvgIpc) is 3.34. The van der Waals surface area contributed by atoms with Crippen molar-refractivity contribution in [2.45, 2.75) is 33.4 Å². The molecule has 30 heavy (non-hydrogen) atoms. The summed E-state index contributed by atoms with van der Waals surface area (Å²) in [6.07, 6.45) is 1.69. The van der Waals surface area contributed by atoms with Gasteiger partial charge in [-0.15, -0.1) is 5.10 Å². The predicted molar refractivity (Wildman–Crippen MR) is 113 cm³/mol. The number of fused-ring (bicyclic) bond motifs is 1. The van der Waals surface area contributed by atoms with E-state index in [1.165, 1.54) is 12.1 Å². The van der Waals surface area contributed by atoms with Crippen LogP contribution in [0.25, 0.3) is 16.6 Å². The molecule has 0 saturated heterocycles. The number of nitrogens with zero attached hydrogens (tertiary/aromatic N) is 4. The zero-order valence-electron chi connectivity index (χ0n) is 17.0. The maximum atomic E-state index is 13.4. The minimum Gasteiger partial charge on any atom is -0.490 e. The summed E-state index contributed by atoms with van der Waals surface area (Å²) in [7, 11) is 0. The number of halogens is 1. The molecule has 154 valence electrons. The van der Waals surface area contributed by atoms with E-state index in [1.807, 2.05) is 39.0 Å². The molecule has 0 atom stereocenters. The molecule has 0 spiro atoms. The first-order chi connectivity index (χ1) is 14.5. The highest BCUT2D eigenvalue weighted by Gasteiger charge is 2.20. The Balaban J connectivity index is 1.82. The Bertz CT molecular complexity index is 1190. The van der Waals surface area contributed by atoms with Crippen LogP contribution in [0.4, 0.5) is 10.2 Å². The van der Waals surface area contributed by atoms with Gasteiger partial charge in [0.15, 0.2) is 11.5 Å². The summed E-state index contributed by atoms with van der Waals surface area (Å²) in [4.78, 5) is 12.8. The zero-order valence-corrected chi connectivity index (χ0v) is 17.0. The fourth-order valence-corrected chi connectivity index (χ4v) is 3.19. The second-order valence-corrected chi connectivity index (χ2v) is 7.06. The summed E-state index contributed by atoms with van der Waals surface area (Å²) in [5, 5.41) is 12.4. The molecule has 4 aromatic rings. The fraction of sp³-hybridized carbons (Fsp3) is 0.227. The summed E-state index contributed by atoms with van der Waals surface area (Å²) >= 11 is 0. The Morgan fingerprint density at radius 3 is 2.57 bits per heavy atom. The molecule has 7 nitrogen and oxygen atoms in total. The number of carbonyl (C=O) groups excluding carboxylic acids is 1. The molecule has 0 bridgehead atoms. The quantitative estimate of drug-likeness (QED) is 0.513. The van der Waals surface area contributed by atoms with Crippen LogP contribution in [0.2, 0.25) is 0 Å². The van der Waals surface area contributed by atoms with Crippen molar-refractivity contribution in [2.24, 2.45) is 0 Å². The van der Waals surface area contributed by atoms with Crippen LogP contribution in [0.5, 0.6) is 5.75 Å². The standard InChI is InChI=1S/C22H22FN5O2/c1-4-27-13-12-17(25-27)22(29)24-21-20-18(6-5-7-19(20)30-14(2)3)28(26-21)16-10-8-15(23)9-11-16/h5-14H,4H2,1-3H3,(H,24,26,29). The molecular weight excluding hydrogens is 385 g/mol. The molecule has 1 amide bonds. The third-order valence-electron chi connectivity index (χ3n) is 4.53. The average molecular weight is 407 g/mol. The molecule has 2 heterocycles. The van der Waals surface area contributed by atoms with Crippen molar-refractivity contribution in [3.05, 3.63) is 66.2 Å². The van der Waals surface area contributed by atoms with Gasteiger partial charge < -0.3 is 10.1 Å². The van der Waals surface area contributed by atoms with Crippen molar-refractivity contribution in [1.82, 2.24) is 19.6 Å². The maximum Gasteiger partial charge on any atom is 0.277 e. The SMILES string of the molecule is CCn1ccc(C(=O)Nc2nn(-c3ccc(F)cc3)c3cccc(OC(C)C)c23)n1. The summed E-state index contributed by atoms with van der Waals surface area (Å²) < 4.78 is 22.7. The van der Waals surface area contributed by atoms with Crippen molar-refractivity contribution in [2.75, 3.05) is 5.32 Å². The van der Waals surface area contributed by atoms with E-state index < -0.39 is 0 Å². The Kier molecular flexibility index (Phi) is 5.22. The highest BCUT2D eigenvalue weighted by molar-refractivity contribution is 6.08. The number of aromatic nitrogens is 4. The molecule has 2 aromatic heterocycles. The van der Waals surface area contributed by atoms with Gasteiger partial charge >= 0.3 is 0 Å². The molecule has 8 heteroatoms. The van der Waals surface area contributed by atoms with Gasteiger partial charge in [0, 0.05) is 12.7 Å². The third-order valence-corrected chi connectivity index (χ3v) is 4.53. The van der Waals surface area contributed by atoms with E-state index in [2.05, 4.69) is 15.5 Å². The van der Waals surface area contributed by atoms with E-state index in [9.17, 15) is 9.18 Å². The van der Waals surface area contributed by atoms with Crippen LogP contribution in [0.3, 0.4) is 0 Å². The lowest BCUT2D eigenvalue weighted by atomic mass is 10.2. The second-order valence-electron chi connectivity index (χ2n) is 7.06. The first-order valence-electron chi connectivity index (χ1n) is 9.75. The van der Waals surface area contributed by atoms with Gasteiger partial charge in [-0.25, -0.2) is 9.07 Å².